The van der Waals surface area contributed by atoms with Crippen LogP contribution in [0.3, 0.4) is 0 Å². The van der Waals surface area contributed by atoms with Crippen LogP contribution in [-0.2, 0) is 19.9 Å². The van der Waals surface area contributed by atoms with Gasteiger partial charge in [-0.3, -0.25) is 4.79 Å². The van der Waals surface area contributed by atoms with E-state index in [0.29, 0.717) is 10.7 Å². The second kappa shape index (κ2) is 8.14. The van der Waals surface area contributed by atoms with Gasteiger partial charge in [-0.1, -0.05) is 17.7 Å². The summed E-state index contributed by atoms with van der Waals surface area (Å²) in [4.78, 5) is 14.7. The highest BCUT2D eigenvalue weighted by Crippen LogP contribution is 2.29. The molecule has 7 nitrogen and oxygen atoms in total. The second-order valence-electron chi connectivity index (χ2n) is 7.15. The smallest absolute Gasteiger partial charge is 0.258 e. The van der Waals surface area contributed by atoms with Gasteiger partial charge in [-0.25, -0.2) is 21.1 Å². The first-order valence-electron chi connectivity index (χ1n) is 8.96. The van der Waals surface area contributed by atoms with Gasteiger partial charge in [0.25, 0.3) is 5.91 Å². The van der Waals surface area contributed by atoms with Crippen LogP contribution in [0.15, 0.2) is 58.8 Å². The number of aryl methyl sites for hydroxylation is 1. The van der Waals surface area contributed by atoms with Crippen molar-refractivity contribution in [3.8, 4) is 0 Å². The van der Waals surface area contributed by atoms with Crippen molar-refractivity contribution in [1.82, 2.24) is 4.31 Å². The van der Waals surface area contributed by atoms with Crippen molar-refractivity contribution in [1.29, 1.82) is 0 Å². The molecule has 3 rings (SSSR count). The summed E-state index contributed by atoms with van der Waals surface area (Å²) in [5, 5.41) is 1.54. The van der Waals surface area contributed by atoms with Crippen LogP contribution in [0.2, 0.25) is 5.02 Å². The minimum atomic E-state index is -3.63. The SMILES string of the molecule is Cc1ccc(N(C(=O)c2ccc(S(=O)(=O)N(C)C)cc2)[C@@H]2C=CS(=O)(=O)C2)cc1Cl. The number of carbonyl (C=O) groups is 1. The van der Waals surface area contributed by atoms with Crippen LogP contribution in [0, 0.1) is 6.92 Å². The molecule has 0 unspecified atom stereocenters. The van der Waals surface area contributed by atoms with E-state index in [0.717, 1.165) is 15.3 Å². The molecule has 2 aromatic carbocycles. The van der Waals surface area contributed by atoms with Gasteiger partial charge in [-0.05, 0) is 55.0 Å². The molecular weight excluding hydrogens is 448 g/mol. The van der Waals surface area contributed by atoms with Crippen molar-refractivity contribution in [3.05, 3.63) is 70.1 Å². The first-order chi connectivity index (χ1) is 13.9. The maximum absolute atomic E-state index is 13.3. The molecule has 1 aliphatic heterocycles. The van der Waals surface area contributed by atoms with Crippen molar-refractivity contribution in [2.75, 3.05) is 24.7 Å². The highest BCUT2D eigenvalue weighted by Gasteiger charge is 2.32. The molecule has 0 radical (unpaired) electrons. The van der Waals surface area contributed by atoms with Gasteiger partial charge in [-0.15, -0.1) is 0 Å². The van der Waals surface area contributed by atoms with Crippen LogP contribution in [0.1, 0.15) is 15.9 Å². The number of benzene rings is 2. The number of amides is 1. The number of nitrogens with zero attached hydrogens (tertiary/aromatic N) is 2. The highest BCUT2D eigenvalue weighted by molar-refractivity contribution is 7.94. The fourth-order valence-corrected chi connectivity index (χ4v) is 5.38. The van der Waals surface area contributed by atoms with Gasteiger partial charge in [0.05, 0.1) is 16.7 Å². The first-order valence-corrected chi connectivity index (χ1v) is 12.5. The second-order valence-corrected chi connectivity index (χ2v) is 11.6. The van der Waals surface area contributed by atoms with Crippen LogP contribution in [0.25, 0.3) is 0 Å². The van der Waals surface area contributed by atoms with E-state index >= 15 is 0 Å². The van der Waals surface area contributed by atoms with E-state index in [2.05, 4.69) is 0 Å². The maximum Gasteiger partial charge on any atom is 0.258 e. The third-order valence-corrected chi connectivity index (χ3v) is 8.39. The Morgan fingerprint density at radius 1 is 1.10 bits per heavy atom. The quantitative estimate of drug-likeness (QED) is 0.672. The Morgan fingerprint density at radius 3 is 2.23 bits per heavy atom. The summed E-state index contributed by atoms with van der Waals surface area (Å²) in [6.45, 7) is 1.82. The predicted molar refractivity (Wildman–Crippen MR) is 117 cm³/mol. The Balaban J connectivity index is 2.02. The molecule has 0 aliphatic carbocycles. The monoisotopic (exact) mass is 468 g/mol. The molecule has 10 heteroatoms. The largest absolute Gasteiger partial charge is 0.300 e. The van der Waals surface area contributed by atoms with Crippen LogP contribution >= 0.6 is 11.6 Å². The number of anilines is 1. The van der Waals surface area contributed by atoms with Gasteiger partial charge >= 0.3 is 0 Å². The third-order valence-electron chi connectivity index (χ3n) is 4.77. The van der Waals surface area contributed by atoms with E-state index < -0.39 is 31.8 Å². The molecule has 0 fully saturated rings. The van der Waals surface area contributed by atoms with E-state index in [-0.39, 0.29) is 16.2 Å². The average molecular weight is 469 g/mol. The molecule has 1 atom stereocenters. The Bertz CT molecular complexity index is 1220. The molecule has 1 amide bonds. The van der Waals surface area contributed by atoms with E-state index in [9.17, 15) is 21.6 Å². The number of sulfone groups is 1. The molecule has 0 spiro atoms. The van der Waals surface area contributed by atoms with Gasteiger partial charge in [-0.2, -0.15) is 0 Å². The van der Waals surface area contributed by atoms with Crippen molar-refractivity contribution in [3.63, 3.8) is 0 Å². The van der Waals surface area contributed by atoms with Gasteiger partial charge in [0.1, 0.15) is 0 Å². The fourth-order valence-electron chi connectivity index (χ4n) is 3.03. The molecule has 1 aliphatic rings. The lowest BCUT2D eigenvalue weighted by atomic mass is 10.1. The number of rotatable bonds is 5. The normalized spacial score (nSPS) is 18.0. The molecule has 160 valence electrons. The van der Waals surface area contributed by atoms with Crippen molar-refractivity contribution >= 4 is 43.1 Å². The Morgan fingerprint density at radius 2 is 1.73 bits per heavy atom. The van der Waals surface area contributed by atoms with Gasteiger partial charge < -0.3 is 4.90 Å². The standard InChI is InChI=1S/C20H21ClN2O5S2/c1-14-4-7-16(12-19(14)21)23(17-10-11-29(25,26)13-17)20(24)15-5-8-18(9-6-15)30(27,28)22(2)3/h4-12,17H,13H2,1-3H3/t17-/m1/s1. The summed E-state index contributed by atoms with van der Waals surface area (Å²) in [6.07, 6.45) is 1.46. The van der Waals surface area contributed by atoms with E-state index in [1.807, 2.05) is 6.92 Å². The molecular formula is C20H21ClN2O5S2. The van der Waals surface area contributed by atoms with E-state index in [1.54, 1.807) is 18.2 Å². The minimum Gasteiger partial charge on any atom is -0.300 e. The fraction of sp³-hybridized carbons (Fsp3) is 0.250. The van der Waals surface area contributed by atoms with E-state index in [4.69, 9.17) is 11.6 Å². The lowest BCUT2D eigenvalue weighted by Gasteiger charge is -2.28. The lowest BCUT2D eigenvalue weighted by molar-refractivity contribution is 0.0983. The van der Waals surface area contributed by atoms with Gasteiger partial charge in [0, 0.05) is 35.8 Å². The van der Waals surface area contributed by atoms with Gasteiger partial charge in [0.2, 0.25) is 10.0 Å². The topological polar surface area (TPSA) is 91.8 Å². The summed E-state index contributed by atoms with van der Waals surface area (Å²) in [6, 6.07) is 9.88. The van der Waals surface area contributed by atoms with E-state index in [1.165, 1.54) is 49.3 Å². The minimum absolute atomic E-state index is 0.0531. The maximum atomic E-state index is 13.3. The van der Waals surface area contributed by atoms with Crippen molar-refractivity contribution in [2.24, 2.45) is 0 Å². The van der Waals surface area contributed by atoms with Crippen LogP contribution in [0.4, 0.5) is 5.69 Å². The number of sulfonamides is 1. The van der Waals surface area contributed by atoms with Gasteiger partial charge in [0.15, 0.2) is 9.84 Å². The summed E-state index contributed by atoms with van der Waals surface area (Å²) in [5.41, 5.74) is 1.50. The van der Waals surface area contributed by atoms with Crippen LogP contribution in [0.5, 0.6) is 0 Å². The molecule has 0 saturated heterocycles. The Hall–Kier alpha value is -2.20. The summed E-state index contributed by atoms with van der Waals surface area (Å²) < 4.78 is 49.5. The number of hydrogen-bond acceptors (Lipinski definition) is 5. The Kier molecular flexibility index (Phi) is 6.10. The average Bonchev–Trinajstić information content (AvgIpc) is 3.04. The number of halogens is 1. The molecule has 30 heavy (non-hydrogen) atoms. The molecule has 0 N–H and O–H groups in total. The predicted octanol–water partition coefficient (Wildman–Crippen LogP) is 2.86. The Labute approximate surface area is 181 Å². The van der Waals surface area contributed by atoms with Crippen molar-refractivity contribution < 1.29 is 21.6 Å². The van der Waals surface area contributed by atoms with Crippen LogP contribution in [-0.4, -0.2) is 52.9 Å². The zero-order valence-electron chi connectivity index (χ0n) is 16.6. The van der Waals surface area contributed by atoms with Crippen LogP contribution < -0.4 is 4.90 Å². The first kappa shape index (κ1) is 22.5. The molecule has 2 aromatic rings. The number of carbonyl (C=O) groups excluding carboxylic acids is 1. The highest BCUT2D eigenvalue weighted by atomic mass is 35.5. The molecule has 0 saturated carbocycles. The summed E-state index contributed by atoms with van der Waals surface area (Å²) >= 11 is 6.23. The lowest BCUT2D eigenvalue weighted by Crippen LogP contribution is -2.41. The summed E-state index contributed by atoms with van der Waals surface area (Å²) in [7, 11) is -4.20. The molecule has 1 heterocycles. The number of hydrogen-bond donors (Lipinski definition) is 0. The summed E-state index contributed by atoms with van der Waals surface area (Å²) in [5.74, 6) is -0.701. The third kappa shape index (κ3) is 4.44. The molecule has 0 bridgehead atoms. The zero-order valence-corrected chi connectivity index (χ0v) is 19.0. The molecule has 0 aromatic heterocycles. The zero-order chi connectivity index (χ0) is 22.3. The van der Waals surface area contributed by atoms with Crippen molar-refractivity contribution in [2.45, 2.75) is 17.9 Å².